The number of hydrogen-bond acceptors (Lipinski definition) is 5. The Morgan fingerprint density at radius 3 is 2.90 bits per heavy atom. The second-order valence-corrected chi connectivity index (χ2v) is 6.33. The Labute approximate surface area is 124 Å². The van der Waals surface area contributed by atoms with E-state index < -0.39 is 0 Å². The van der Waals surface area contributed by atoms with Crippen molar-refractivity contribution in [2.45, 2.75) is 6.42 Å². The summed E-state index contributed by atoms with van der Waals surface area (Å²) in [6.07, 6.45) is 0.641. The second kappa shape index (κ2) is 5.34. The molecular formula is C13H13N3O2S2. The predicted octanol–water partition coefficient (Wildman–Crippen LogP) is 1.82. The Kier molecular flexibility index (Phi) is 3.54. The number of rotatable bonds is 3. The quantitative estimate of drug-likeness (QED) is 0.939. The van der Waals surface area contributed by atoms with Crippen LogP contribution < -0.4 is 5.73 Å². The largest absolute Gasteiger partial charge is 0.369 e. The molecule has 3 heterocycles. The Hall–Kier alpha value is -1.73. The summed E-state index contributed by atoms with van der Waals surface area (Å²) in [5, 5.41) is 6.61. The van der Waals surface area contributed by atoms with Crippen LogP contribution in [-0.4, -0.2) is 34.8 Å². The molecule has 1 atom stereocenters. The minimum absolute atomic E-state index is 0.119. The summed E-state index contributed by atoms with van der Waals surface area (Å²) in [5.74, 6) is -0.682. The molecule has 0 aromatic carbocycles. The maximum Gasteiger partial charge on any atom is 0.273 e. The van der Waals surface area contributed by atoms with Gasteiger partial charge in [0.25, 0.3) is 5.91 Å². The topological polar surface area (TPSA) is 76.3 Å². The molecule has 20 heavy (non-hydrogen) atoms. The Bertz CT molecular complexity index is 636. The highest BCUT2D eigenvalue weighted by atomic mass is 32.1. The summed E-state index contributed by atoms with van der Waals surface area (Å²) < 4.78 is 0. The lowest BCUT2D eigenvalue weighted by Crippen LogP contribution is -2.31. The predicted molar refractivity (Wildman–Crippen MR) is 78.6 cm³/mol. The average Bonchev–Trinajstić information content (AvgIpc) is 3.17. The van der Waals surface area contributed by atoms with Crippen LogP contribution >= 0.6 is 22.7 Å². The van der Waals surface area contributed by atoms with Gasteiger partial charge in [0.15, 0.2) is 0 Å². The molecule has 2 aromatic heterocycles. The van der Waals surface area contributed by atoms with Gasteiger partial charge in [-0.2, -0.15) is 11.3 Å². The van der Waals surface area contributed by atoms with Gasteiger partial charge in [0, 0.05) is 29.4 Å². The van der Waals surface area contributed by atoms with Crippen LogP contribution in [-0.2, 0) is 4.79 Å². The molecule has 104 valence electrons. The third-order valence-electron chi connectivity index (χ3n) is 3.37. The van der Waals surface area contributed by atoms with E-state index in [4.69, 9.17) is 5.73 Å². The van der Waals surface area contributed by atoms with Crippen LogP contribution in [0.25, 0.3) is 10.6 Å². The molecular weight excluding hydrogens is 294 g/mol. The van der Waals surface area contributed by atoms with Crippen LogP contribution in [0.15, 0.2) is 22.2 Å². The van der Waals surface area contributed by atoms with Crippen LogP contribution in [0.5, 0.6) is 0 Å². The summed E-state index contributed by atoms with van der Waals surface area (Å²) in [5.41, 5.74) is 6.76. The minimum Gasteiger partial charge on any atom is -0.369 e. The van der Waals surface area contributed by atoms with Gasteiger partial charge in [-0.25, -0.2) is 4.98 Å². The highest BCUT2D eigenvalue weighted by Gasteiger charge is 2.31. The van der Waals surface area contributed by atoms with Gasteiger partial charge in [-0.1, -0.05) is 0 Å². The molecule has 0 saturated carbocycles. The Balaban J connectivity index is 1.74. The standard InChI is InChI=1S/C13H13N3O2S2/c14-11(17)8-1-3-16(5-8)13(18)10-7-20-12(15-10)9-2-4-19-6-9/h2,4,6-8H,1,3,5H2,(H2,14,17)/t8-/m1/s1. The SMILES string of the molecule is NC(=O)[C@@H]1CCN(C(=O)c2csc(-c3ccsc3)n2)C1. The molecule has 2 amide bonds. The van der Waals surface area contributed by atoms with E-state index in [1.165, 1.54) is 11.3 Å². The zero-order chi connectivity index (χ0) is 14.1. The maximum atomic E-state index is 12.3. The van der Waals surface area contributed by atoms with Gasteiger partial charge in [0.05, 0.1) is 5.92 Å². The molecule has 1 aliphatic heterocycles. The molecule has 1 fully saturated rings. The van der Waals surface area contributed by atoms with Gasteiger partial charge >= 0.3 is 0 Å². The van der Waals surface area contributed by atoms with Crippen molar-refractivity contribution in [1.82, 2.24) is 9.88 Å². The van der Waals surface area contributed by atoms with E-state index >= 15 is 0 Å². The van der Waals surface area contributed by atoms with Crippen molar-refractivity contribution in [2.75, 3.05) is 13.1 Å². The van der Waals surface area contributed by atoms with Gasteiger partial charge in [-0.15, -0.1) is 11.3 Å². The molecule has 0 aliphatic carbocycles. The zero-order valence-corrected chi connectivity index (χ0v) is 12.2. The first-order chi connectivity index (χ1) is 9.65. The molecule has 1 aliphatic rings. The highest BCUT2D eigenvalue weighted by Crippen LogP contribution is 2.27. The van der Waals surface area contributed by atoms with E-state index in [1.54, 1.807) is 21.6 Å². The van der Waals surface area contributed by atoms with E-state index in [0.717, 1.165) is 10.6 Å². The van der Waals surface area contributed by atoms with Crippen molar-refractivity contribution in [2.24, 2.45) is 11.7 Å². The molecule has 5 nitrogen and oxygen atoms in total. The van der Waals surface area contributed by atoms with E-state index in [0.29, 0.717) is 25.2 Å². The summed E-state index contributed by atoms with van der Waals surface area (Å²) >= 11 is 3.06. The molecule has 2 aromatic rings. The van der Waals surface area contributed by atoms with E-state index in [1.807, 2.05) is 16.8 Å². The molecule has 0 spiro atoms. The third-order valence-corrected chi connectivity index (χ3v) is 4.94. The first-order valence-corrected chi connectivity index (χ1v) is 8.04. The van der Waals surface area contributed by atoms with Crippen LogP contribution in [0.3, 0.4) is 0 Å². The van der Waals surface area contributed by atoms with Gasteiger partial charge in [-0.05, 0) is 17.9 Å². The molecule has 7 heteroatoms. The normalized spacial score (nSPS) is 18.4. The van der Waals surface area contributed by atoms with Crippen molar-refractivity contribution in [1.29, 1.82) is 0 Å². The monoisotopic (exact) mass is 307 g/mol. The first-order valence-electron chi connectivity index (χ1n) is 6.22. The fourth-order valence-corrected chi connectivity index (χ4v) is 3.74. The van der Waals surface area contributed by atoms with Crippen molar-refractivity contribution >= 4 is 34.5 Å². The number of primary amides is 1. The van der Waals surface area contributed by atoms with E-state index in [2.05, 4.69) is 4.98 Å². The van der Waals surface area contributed by atoms with E-state index in [9.17, 15) is 9.59 Å². The lowest BCUT2D eigenvalue weighted by Gasteiger charge is -2.13. The van der Waals surface area contributed by atoms with Gasteiger partial charge < -0.3 is 10.6 Å². The molecule has 1 saturated heterocycles. The maximum absolute atomic E-state index is 12.3. The number of likely N-dealkylation sites (tertiary alicyclic amines) is 1. The minimum atomic E-state index is -0.336. The lowest BCUT2D eigenvalue weighted by atomic mass is 10.1. The fourth-order valence-electron chi connectivity index (χ4n) is 2.23. The number of nitrogens with two attached hydrogens (primary N) is 1. The Morgan fingerprint density at radius 1 is 1.40 bits per heavy atom. The molecule has 0 bridgehead atoms. The summed E-state index contributed by atoms with van der Waals surface area (Å²) in [6.45, 7) is 0.969. The van der Waals surface area contributed by atoms with E-state index in [-0.39, 0.29) is 17.7 Å². The Morgan fingerprint density at radius 2 is 2.25 bits per heavy atom. The zero-order valence-electron chi connectivity index (χ0n) is 10.6. The summed E-state index contributed by atoms with van der Waals surface area (Å²) in [6, 6.07) is 1.98. The van der Waals surface area contributed by atoms with Gasteiger partial charge in [0.2, 0.25) is 5.91 Å². The van der Waals surface area contributed by atoms with Crippen LogP contribution in [0.2, 0.25) is 0 Å². The molecule has 2 N–H and O–H groups in total. The first kappa shape index (κ1) is 13.3. The molecule has 3 rings (SSSR count). The van der Waals surface area contributed by atoms with Crippen molar-refractivity contribution in [3.05, 3.63) is 27.9 Å². The van der Waals surface area contributed by atoms with Crippen LogP contribution in [0, 0.1) is 5.92 Å². The number of amides is 2. The average molecular weight is 307 g/mol. The van der Waals surface area contributed by atoms with Crippen molar-refractivity contribution in [3.63, 3.8) is 0 Å². The van der Waals surface area contributed by atoms with Gasteiger partial charge in [-0.3, -0.25) is 9.59 Å². The lowest BCUT2D eigenvalue weighted by molar-refractivity contribution is -0.121. The second-order valence-electron chi connectivity index (χ2n) is 4.69. The van der Waals surface area contributed by atoms with Gasteiger partial charge in [0.1, 0.15) is 10.7 Å². The summed E-state index contributed by atoms with van der Waals surface area (Å²) in [4.78, 5) is 29.5. The molecule has 0 unspecified atom stereocenters. The number of carbonyl (C=O) groups excluding carboxylic acids is 2. The smallest absolute Gasteiger partial charge is 0.273 e. The highest BCUT2D eigenvalue weighted by molar-refractivity contribution is 7.14. The third kappa shape index (κ3) is 2.46. The molecule has 0 radical (unpaired) electrons. The van der Waals surface area contributed by atoms with Crippen LogP contribution in [0.1, 0.15) is 16.9 Å². The van der Waals surface area contributed by atoms with Crippen molar-refractivity contribution < 1.29 is 9.59 Å². The number of thiazole rings is 1. The van der Waals surface area contributed by atoms with Crippen LogP contribution in [0.4, 0.5) is 0 Å². The number of thiophene rings is 1. The number of hydrogen-bond donors (Lipinski definition) is 1. The number of carbonyl (C=O) groups is 2. The van der Waals surface area contributed by atoms with Crippen molar-refractivity contribution in [3.8, 4) is 10.6 Å². The summed E-state index contributed by atoms with van der Waals surface area (Å²) in [7, 11) is 0. The number of nitrogens with zero attached hydrogens (tertiary/aromatic N) is 2. The number of aromatic nitrogens is 1. The fraction of sp³-hybridized carbons (Fsp3) is 0.308.